The average molecular weight is 198 g/mol. The van der Waals surface area contributed by atoms with Gasteiger partial charge in [-0.15, -0.1) is 0 Å². The Morgan fingerprint density at radius 3 is 3.00 bits per heavy atom. The number of aliphatic hydroxyl groups is 1. The largest absolute Gasteiger partial charge is 0.392 e. The van der Waals surface area contributed by atoms with Crippen molar-refractivity contribution in [3.05, 3.63) is 0 Å². The number of nitrogens with one attached hydrogen (secondary N) is 1. The summed E-state index contributed by atoms with van der Waals surface area (Å²) in [4.78, 5) is 13.2. The van der Waals surface area contributed by atoms with Crippen molar-refractivity contribution >= 4 is 5.91 Å². The first-order valence-electron chi connectivity index (χ1n) is 5.44. The van der Waals surface area contributed by atoms with Crippen LogP contribution in [0, 0.1) is 0 Å². The molecule has 2 N–H and O–H groups in total. The van der Waals surface area contributed by atoms with Gasteiger partial charge in [0.2, 0.25) is 5.91 Å². The lowest BCUT2D eigenvalue weighted by Gasteiger charge is -2.31. The van der Waals surface area contributed by atoms with Gasteiger partial charge in [0.05, 0.1) is 6.10 Å². The number of hydrogen-bond acceptors (Lipinski definition) is 3. The van der Waals surface area contributed by atoms with Crippen molar-refractivity contribution in [2.75, 3.05) is 19.6 Å². The van der Waals surface area contributed by atoms with Crippen LogP contribution in [0.2, 0.25) is 0 Å². The summed E-state index contributed by atoms with van der Waals surface area (Å²) in [6, 6.07) is 0.313. The molecule has 2 fully saturated rings. The number of piperidine rings is 1. The second-order valence-electron chi connectivity index (χ2n) is 4.36. The second-order valence-corrected chi connectivity index (χ2v) is 4.36. The Morgan fingerprint density at radius 2 is 2.36 bits per heavy atom. The maximum absolute atomic E-state index is 11.0. The normalized spacial score (nSPS) is 34.5. The van der Waals surface area contributed by atoms with Crippen LogP contribution < -0.4 is 5.32 Å². The fourth-order valence-electron chi connectivity index (χ4n) is 2.32. The Kier molecular flexibility index (Phi) is 3.03. The van der Waals surface area contributed by atoms with Crippen molar-refractivity contribution < 1.29 is 9.90 Å². The third-order valence-electron chi connectivity index (χ3n) is 3.04. The molecule has 2 atom stereocenters. The molecule has 0 radical (unpaired) electrons. The van der Waals surface area contributed by atoms with E-state index in [1.807, 2.05) is 0 Å². The molecule has 4 nitrogen and oxygen atoms in total. The van der Waals surface area contributed by atoms with E-state index in [4.69, 9.17) is 0 Å². The van der Waals surface area contributed by atoms with Crippen LogP contribution in [0.5, 0.6) is 0 Å². The molecule has 2 heterocycles. The lowest BCUT2D eigenvalue weighted by atomic mass is 10.1. The van der Waals surface area contributed by atoms with E-state index in [0.717, 1.165) is 38.9 Å². The molecule has 4 heteroatoms. The summed E-state index contributed by atoms with van der Waals surface area (Å²) in [5.74, 6) is 0.174. The van der Waals surface area contributed by atoms with Gasteiger partial charge >= 0.3 is 0 Å². The summed E-state index contributed by atoms with van der Waals surface area (Å²) in [5.41, 5.74) is 0. The van der Waals surface area contributed by atoms with Gasteiger partial charge in [0.25, 0.3) is 0 Å². The van der Waals surface area contributed by atoms with Crippen LogP contribution in [0.15, 0.2) is 0 Å². The van der Waals surface area contributed by atoms with Crippen molar-refractivity contribution in [2.24, 2.45) is 0 Å². The minimum Gasteiger partial charge on any atom is -0.392 e. The molecule has 0 spiro atoms. The molecule has 1 amide bonds. The Morgan fingerprint density at radius 1 is 1.50 bits per heavy atom. The first-order valence-corrected chi connectivity index (χ1v) is 5.44. The van der Waals surface area contributed by atoms with E-state index in [1.165, 1.54) is 0 Å². The number of hydrogen-bond donors (Lipinski definition) is 2. The lowest BCUT2D eigenvalue weighted by molar-refractivity contribution is -0.119. The number of amides is 1. The zero-order chi connectivity index (χ0) is 9.97. The number of likely N-dealkylation sites (tertiary alicyclic amines) is 1. The summed E-state index contributed by atoms with van der Waals surface area (Å²) in [6.07, 6.45) is 3.45. The molecular weight excluding hydrogens is 180 g/mol. The predicted octanol–water partition coefficient (Wildman–Crippen LogP) is -0.278. The van der Waals surface area contributed by atoms with Crippen molar-refractivity contribution in [2.45, 2.75) is 37.8 Å². The zero-order valence-corrected chi connectivity index (χ0v) is 8.41. The highest BCUT2D eigenvalue weighted by molar-refractivity contribution is 5.78. The quantitative estimate of drug-likeness (QED) is 0.642. The summed E-state index contributed by atoms with van der Waals surface area (Å²) in [7, 11) is 0. The first kappa shape index (κ1) is 9.93. The maximum atomic E-state index is 11.0. The highest BCUT2D eigenvalue weighted by atomic mass is 16.3. The van der Waals surface area contributed by atoms with E-state index >= 15 is 0 Å². The van der Waals surface area contributed by atoms with E-state index in [-0.39, 0.29) is 12.0 Å². The van der Waals surface area contributed by atoms with Gasteiger partial charge in [-0.1, -0.05) is 0 Å². The van der Waals surface area contributed by atoms with Gasteiger partial charge in [0.15, 0.2) is 0 Å². The van der Waals surface area contributed by atoms with Gasteiger partial charge in [0, 0.05) is 25.6 Å². The molecule has 2 unspecified atom stereocenters. The zero-order valence-electron chi connectivity index (χ0n) is 8.41. The van der Waals surface area contributed by atoms with Crippen molar-refractivity contribution in [1.82, 2.24) is 10.2 Å². The van der Waals surface area contributed by atoms with Gasteiger partial charge in [-0.3, -0.25) is 9.69 Å². The van der Waals surface area contributed by atoms with Gasteiger partial charge in [-0.05, 0) is 25.8 Å². The number of carbonyl (C=O) groups is 1. The molecule has 0 bridgehead atoms. The minimum atomic E-state index is -0.166. The highest BCUT2D eigenvalue weighted by Gasteiger charge is 2.25. The summed E-state index contributed by atoms with van der Waals surface area (Å²) < 4.78 is 0. The van der Waals surface area contributed by atoms with Crippen molar-refractivity contribution in [1.29, 1.82) is 0 Å². The lowest BCUT2D eigenvalue weighted by Crippen LogP contribution is -2.45. The van der Waals surface area contributed by atoms with Crippen molar-refractivity contribution in [3.8, 4) is 0 Å². The summed E-state index contributed by atoms with van der Waals surface area (Å²) >= 11 is 0. The number of β-amino-alcohol motifs (C(OH)–C–C–N with tert-alkyl or cyclic N) is 1. The highest BCUT2D eigenvalue weighted by Crippen LogP contribution is 2.13. The summed E-state index contributed by atoms with van der Waals surface area (Å²) in [5, 5.41) is 12.4. The number of aliphatic hydroxyl groups excluding tert-OH is 1. The standard InChI is InChI=1S/C10H18N2O2/c13-9-2-1-5-12(7-9)6-8-3-4-10(14)11-8/h8-9,13H,1-7H2,(H,11,14). The summed E-state index contributed by atoms with van der Waals surface area (Å²) in [6.45, 7) is 2.73. The Labute approximate surface area is 84.3 Å². The topological polar surface area (TPSA) is 52.6 Å². The molecule has 0 saturated carbocycles. The first-order chi connectivity index (χ1) is 6.74. The van der Waals surface area contributed by atoms with Crippen LogP contribution in [0.4, 0.5) is 0 Å². The van der Waals surface area contributed by atoms with Crippen molar-refractivity contribution in [3.63, 3.8) is 0 Å². The van der Waals surface area contributed by atoms with Gasteiger partial charge < -0.3 is 10.4 Å². The maximum Gasteiger partial charge on any atom is 0.220 e. The third-order valence-corrected chi connectivity index (χ3v) is 3.04. The number of rotatable bonds is 2. The van der Waals surface area contributed by atoms with Crippen LogP contribution in [-0.4, -0.2) is 47.7 Å². The Hall–Kier alpha value is -0.610. The second kappa shape index (κ2) is 4.28. The molecule has 80 valence electrons. The SMILES string of the molecule is O=C1CCC(CN2CCCC(O)C2)N1. The minimum absolute atomic E-state index is 0.166. The van der Waals surface area contributed by atoms with Gasteiger partial charge in [0.1, 0.15) is 0 Å². The number of carbonyl (C=O) groups excluding carboxylic acids is 1. The van der Waals surface area contributed by atoms with E-state index in [1.54, 1.807) is 0 Å². The van der Waals surface area contributed by atoms with Crippen LogP contribution in [0.25, 0.3) is 0 Å². The molecule has 0 aromatic carbocycles. The van der Waals surface area contributed by atoms with Crippen LogP contribution >= 0.6 is 0 Å². The molecule has 14 heavy (non-hydrogen) atoms. The molecule has 2 aliphatic rings. The number of nitrogens with zero attached hydrogens (tertiary/aromatic N) is 1. The van der Waals surface area contributed by atoms with Gasteiger partial charge in [-0.25, -0.2) is 0 Å². The van der Waals surface area contributed by atoms with E-state index in [0.29, 0.717) is 12.5 Å². The molecule has 2 rings (SSSR count). The molecule has 2 aliphatic heterocycles. The smallest absolute Gasteiger partial charge is 0.220 e. The Balaban J connectivity index is 1.76. The van der Waals surface area contributed by atoms with E-state index < -0.39 is 0 Å². The van der Waals surface area contributed by atoms with Crippen LogP contribution in [0.3, 0.4) is 0 Å². The van der Waals surface area contributed by atoms with E-state index in [9.17, 15) is 9.90 Å². The monoisotopic (exact) mass is 198 g/mol. The third kappa shape index (κ3) is 2.45. The van der Waals surface area contributed by atoms with Crippen LogP contribution in [0.1, 0.15) is 25.7 Å². The van der Waals surface area contributed by atoms with Gasteiger partial charge in [-0.2, -0.15) is 0 Å². The molecule has 2 saturated heterocycles. The molecular formula is C10H18N2O2. The molecule has 0 aliphatic carbocycles. The fourth-order valence-corrected chi connectivity index (χ4v) is 2.32. The predicted molar refractivity (Wildman–Crippen MR) is 52.8 cm³/mol. The van der Waals surface area contributed by atoms with Crippen LogP contribution in [-0.2, 0) is 4.79 Å². The van der Waals surface area contributed by atoms with E-state index in [2.05, 4.69) is 10.2 Å². The average Bonchev–Trinajstić information content (AvgIpc) is 2.51. The molecule has 0 aromatic heterocycles. The molecule has 0 aromatic rings. The fraction of sp³-hybridized carbons (Fsp3) is 0.900. The Bertz CT molecular complexity index is 220.